The molecule has 3 fully saturated rings. The lowest BCUT2D eigenvalue weighted by molar-refractivity contribution is -0.142. The first-order chi connectivity index (χ1) is 22.2. The van der Waals surface area contributed by atoms with Gasteiger partial charge in [-0.05, 0) is 68.6 Å². The van der Waals surface area contributed by atoms with Gasteiger partial charge in [0.2, 0.25) is 21.8 Å². The topological polar surface area (TPSA) is 173 Å². The highest BCUT2D eigenvalue weighted by atomic mass is 32.2. The van der Waals surface area contributed by atoms with Crippen LogP contribution in [0, 0.1) is 11.3 Å². The zero-order valence-corrected chi connectivity index (χ0v) is 28.0. The minimum atomic E-state index is -3.87. The van der Waals surface area contributed by atoms with Crippen LogP contribution >= 0.6 is 0 Å². The van der Waals surface area contributed by atoms with Crippen LogP contribution < -0.4 is 20.1 Å². The number of fused-ring (bicyclic) bond motifs is 3. The number of allylic oxidation sites excluding steroid dienone is 1. The monoisotopic (exact) mass is 671 g/mol. The second kappa shape index (κ2) is 13.7. The number of hydrogen-bond donors (Lipinski definition) is 3. The molecule has 1 aromatic heterocycles. The molecule has 13 nitrogen and oxygen atoms in total. The number of alkyl carbamates (subject to hydrolysis) is 1. The molecule has 2 bridgehead atoms. The number of pyridine rings is 1. The number of sulfonamides is 1. The van der Waals surface area contributed by atoms with Gasteiger partial charge in [0.15, 0.2) is 0 Å². The van der Waals surface area contributed by atoms with Gasteiger partial charge in [-0.3, -0.25) is 24.1 Å². The summed E-state index contributed by atoms with van der Waals surface area (Å²) in [5.41, 5.74) is -1.67. The average Bonchev–Trinajstić information content (AvgIpc) is 3.93. The summed E-state index contributed by atoms with van der Waals surface area (Å²) >= 11 is 0. The van der Waals surface area contributed by atoms with Gasteiger partial charge in [0.1, 0.15) is 35.2 Å². The van der Waals surface area contributed by atoms with E-state index in [0.29, 0.717) is 30.7 Å². The van der Waals surface area contributed by atoms with Crippen LogP contribution in [0.4, 0.5) is 4.79 Å². The predicted molar refractivity (Wildman–Crippen MR) is 173 cm³/mol. The maximum absolute atomic E-state index is 14.3. The van der Waals surface area contributed by atoms with E-state index in [9.17, 15) is 27.6 Å². The van der Waals surface area contributed by atoms with E-state index in [1.807, 2.05) is 12.2 Å². The number of carbonyl (C=O) groups excluding carboxylic acids is 4. The van der Waals surface area contributed by atoms with Crippen LogP contribution in [0.15, 0.2) is 37.1 Å². The molecule has 0 radical (unpaired) electrons. The molecule has 5 atom stereocenters. The lowest BCUT2D eigenvalue weighted by Gasteiger charge is -2.35. The van der Waals surface area contributed by atoms with Crippen molar-refractivity contribution < 1.29 is 37.1 Å². The van der Waals surface area contributed by atoms with Crippen molar-refractivity contribution in [2.75, 3.05) is 13.2 Å². The first-order valence-corrected chi connectivity index (χ1v) is 17.8. The van der Waals surface area contributed by atoms with Crippen molar-refractivity contribution in [1.29, 1.82) is 0 Å². The highest BCUT2D eigenvalue weighted by Crippen LogP contribution is 2.45. The molecule has 2 aliphatic carbocycles. The van der Waals surface area contributed by atoms with Gasteiger partial charge in [0, 0.05) is 18.5 Å². The summed E-state index contributed by atoms with van der Waals surface area (Å²) in [6.07, 6.45) is 10.1. The maximum Gasteiger partial charge on any atom is 0.407 e. The number of rotatable bonds is 6. The lowest BCUT2D eigenvalue weighted by Crippen LogP contribution is -2.60. The number of nitrogens with one attached hydrogen (secondary N) is 3. The number of cyclic esters (lactones) is 1. The fourth-order valence-corrected chi connectivity index (χ4v) is 7.44. The second-order valence-electron chi connectivity index (χ2n) is 13.9. The third-order valence-corrected chi connectivity index (χ3v) is 10.9. The molecule has 4 aliphatic rings. The molecular weight excluding hydrogens is 626 g/mol. The number of nitrogens with zero attached hydrogens (tertiary/aromatic N) is 2. The Hall–Kier alpha value is -3.94. The average molecular weight is 672 g/mol. The Morgan fingerprint density at radius 3 is 2.64 bits per heavy atom. The second-order valence-corrected chi connectivity index (χ2v) is 15.8. The smallest absolute Gasteiger partial charge is 0.407 e. The summed E-state index contributed by atoms with van der Waals surface area (Å²) in [7, 11) is -3.87. The Morgan fingerprint density at radius 1 is 1.19 bits per heavy atom. The minimum Gasteiger partial charge on any atom is -0.486 e. The molecule has 1 saturated heterocycles. The quantitative estimate of drug-likeness (QED) is 0.385. The molecule has 3 N–H and O–H groups in total. The molecular formula is C33H45N5O8S. The van der Waals surface area contributed by atoms with E-state index >= 15 is 0 Å². The highest BCUT2D eigenvalue weighted by Gasteiger charge is 2.62. The Balaban J connectivity index is 1.44. The van der Waals surface area contributed by atoms with Gasteiger partial charge in [-0.2, -0.15) is 0 Å². The van der Waals surface area contributed by atoms with Crippen LogP contribution in [0.3, 0.4) is 0 Å². The van der Waals surface area contributed by atoms with E-state index in [1.165, 1.54) is 11.0 Å². The summed E-state index contributed by atoms with van der Waals surface area (Å²) in [6, 6.07) is 1.37. The summed E-state index contributed by atoms with van der Waals surface area (Å²) in [5.74, 6) is -1.98. The summed E-state index contributed by atoms with van der Waals surface area (Å²) in [6.45, 7) is 9.36. The van der Waals surface area contributed by atoms with Crippen molar-refractivity contribution in [3.8, 4) is 5.75 Å². The lowest BCUT2D eigenvalue weighted by atomic mass is 9.85. The van der Waals surface area contributed by atoms with E-state index in [2.05, 4.69) is 26.9 Å². The first-order valence-electron chi connectivity index (χ1n) is 16.3. The Bertz CT molecular complexity index is 1540. The molecule has 2 saturated carbocycles. The van der Waals surface area contributed by atoms with Crippen molar-refractivity contribution in [2.45, 2.75) is 101 Å². The number of hydrogen-bond acceptors (Lipinski definition) is 9. The molecule has 1 aromatic rings. The van der Waals surface area contributed by atoms with Crippen LogP contribution in [0.5, 0.6) is 5.75 Å². The highest BCUT2D eigenvalue weighted by molar-refractivity contribution is 7.91. The fourth-order valence-electron chi connectivity index (χ4n) is 6.08. The molecule has 47 heavy (non-hydrogen) atoms. The zero-order valence-electron chi connectivity index (χ0n) is 27.2. The van der Waals surface area contributed by atoms with Gasteiger partial charge in [0.05, 0.1) is 18.4 Å². The van der Waals surface area contributed by atoms with Crippen molar-refractivity contribution in [2.24, 2.45) is 11.3 Å². The number of aromatic nitrogens is 1. The maximum atomic E-state index is 14.3. The SMILES string of the molecule is C=C[C@@H]1C[C@]1(NC(=O)[C@@H]1C[C@@H]2CN1C(=O)[C@H](C(C)(C)C)NC(=O)OCCCCCC=Cc1ncccc1O2)C(=O)NS(=O)(=O)C1CC1. The van der Waals surface area contributed by atoms with Crippen molar-refractivity contribution >= 4 is 39.9 Å². The molecule has 2 aliphatic heterocycles. The van der Waals surface area contributed by atoms with Crippen LogP contribution in [0.1, 0.15) is 77.8 Å². The van der Waals surface area contributed by atoms with Crippen molar-refractivity contribution in [3.63, 3.8) is 0 Å². The predicted octanol–water partition coefficient (Wildman–Crippen LogP) is 2.83. The van der Waals surface area contributed by atoms with Crippen LogP contribution in [0.2, 0.25) is 0 Å². The van der Waals surface area contributed by atoms with Gasteiger partial charge in [-0.15, -0.1) is 6.58 Å². The standard InChI is InChI=1S/C33H45N5O8S/c1-5-21-19-33(21,30(41)37-47(43,44)23-14-15-23)36-28(39)25-18-22-20-38(25)29(40)27(32(2,3)4)35-31(42)45-17-10-8-6-7-9-12-24-26(46-22)13-11-16-34-24/h5,9,11-13,16,21-23,25,27H,1,6-8,10,14-15,17-20H2,2-4H3,(H,35,42)(H,36,39)(H,37,41)/t21-,22-,25+,27-,33-/m1/s1. The Kier molecular flexibility index (Phi) is 9.99. The molecule has 4 amide bonds. The molecule has 0 spiro atoms. The van der Waals surface area contributed by atoms with Gasteiger partial charge in [0.25, 0.3) is 5.91 Å². The van der Waals surface area contributed by atoms with Crippen molar-refractivity contribution in [1.82, 2.24) is 25.2 Å². The fraction of sp³-hybridized carbons (Fsp3) is 0.606. The van der Waals surface area contributed by atoms with Gasteiger partial charge < -0.3 is 25.0 Å². The van der Waals surface area contributed by atoms with E-state index in [4.69, 9.17) is 9.47 Å². The summed E-state index contributed by atoms with van der Waals surface area (Å²) in [5, 5.41) is 4.87. The van der Waals surface area contributed by atoms with Gasteiger partial charge >= 0.3 is 6.09 Å². The number of amides is 4. The zero-order chi connectivity index (χ0) is 34.0. The van der Waals surface area contributed by atoms with E-state index in [-0.39, 0.29) is 26.0 Å². The first kappa shape index (κ1) is 34.4. The van der Waals surface area contributed by atoms with Gasteiger partial charge in [-0.1, -0.05) is 32.9 Å². The Morgan fingerprint density at radius 2 is 1.96 bits per heavy atom. The van der Waals surface area contributed by atoms with E-state index in [0.717, 1.165) is 19.3 Å². The normalized spacial score (nSPS) is 28.8. The molecule has 14 heteroatoms. The third-order valence-electron chi connectivity index (χ3n) is 9.09. The molecule has 5 rings (SSSR count). The van der Waals surface area contributed by atoms with E-state index in [1.54, 1.807) is 39.1 Å². The molecule has 3 heterocycles. The Labute approximate surface area is 276 Å². The molecule has 0 unspecified atom stereocenters. The van der Waals surface area contributed by atoms with Crippen LogP contribution in [0.25, 0.3) is 6.08 Å². The van der Waals surface area contributed by atoms with Crippen molar-refractivity contribution in [3.05, 3.63) is 42.8 Å². The number of carbonyl (C=O) groups is 4. The van der Waals surface area contributed by atoms with Crippen LogP contribution in [-0.4, -0.2) is 84.2 Å². The third kappa shape index (κ3) is 7.96. The summed E-state index contributed by atoms with van der Waals surface area (Å²) < 4.78 is 39.1. The molecule has 0 aromatic carbocycles. The number of ether oxygens (including phenoxy) is 2. The minimum absolute atomic E-state index is 0.0123. The van der Waals surface area contributed by atoms with Crippen LogP contribution in [-0.2, 0) is 29.1 Å². The van der Waals surface area contributed by atoms with E-state index < -0.39 is 74.1 Å². The molecule has 256 valence electrons. The largest absolute Gasteiger partial charge is 0.486 e. The summed E-state index contributed by atoms with van der Waals surface area (Å²) in [4.78, 5) is 60.3. The van der Waals surface area contributed by atoms with Gasteiger partial charge in [-0.25, -0.2) is 13.2 Å².